The Bertz CT molecular complexity index is 1510. The second-order valence-corrected chi connectivity index (χ2v) is 11.4. The lowest BCUT2D eigenvalue weighted by Gasteiger charge is -2.40. The summed E-state index contributed by atoms with van der Waals surface area (Å²) < 4.78 is 52.0. The Morgan fingerprint density at radius 2 is 1.74 bits per heavy atom. The number of halogens is 3. The number of aliphatic imine (C=N–C) groups is 1. The van der Waals surface area contributed by atoms with Crippen molar-refractivity contribution >= 4 is 11.6 Å². The molecule has 3 heterocycles. The minimum atomic E-state index is -4.45. The van der Waals surface area contributed by atoms with Crippen molar-refractivity contribution in [2.45, 2.75) is 56.8 Å². The summed E-state index contributed by atoms with van der Waals surface area (Å²) >= 11 is 0. The third kappa shape index (κ3) is 4.51. The molecule has 0 radical (unpaired) electrons. The highest BCUT2D eigenvalue weighted by Gasteiger charge is 2.68. The van der Waals surface area contributed by atoms with Crippen molar-refractivity contribution in [1.82, 2.24) is 9.88 Å². The van der Waals surface area contributed by atoms with Crippen LogP contribution in [-0.2, 0) is 22.3 Å². The number of allylic oxidation sites excluding steroid dienone is 1. The maximum atomic E-state index is 14.7. The number of fused-ring (bicyclic) bond motifs is 1. The molecule has 1 aliphatic carbocycles. The number of benzene rings is 2. The standard InChI is InChI=1S/C33H32F3N3O3/c1-4-15-31-20-32(39(30(31)40)19-22-13-16-37-17-14-22)28(18-27(21(31)2)23-7-11-26(41-3)12-8-23)38-29(42-32)24-5-9-25(10-6-24)33(34,35)36/h4-14,16-17,21,27,29H,1,15,18-20H2,2-3H3/t21-,27+,29-,31+,32+/m1/s1. The van der Waals surface area contributed by atoms with Crippen molar-refractivity contribution in [1.29, 1.82) is 0 Å². The molecule has 2 aromatic carbocycles. The van der Waals surface area contributed by atoms with Gasteiger partial charge in [-0.1, -0.05) is 37.3 Å². The molecule has 42 heavy (non-hydrogen) atoms. The molecular weight excluding hydrogens is 543 g/mol. The Labute approximate surface area is 242 Å². The van der Waals surface area contributed by atoms with Crippen LogP contribution in [0.25, 0.3) is 0 Å². The second-order valence-electron chi connectivity index (χ2n) is 11.4. The van der Waals surface area contributed by atoms with E-state index in [1.165, 1.54) is 12.1 Å². The molecule has 2 bridgehead atoms. The SMILES string of the molecule is C=CC[C@]12C[C@@]3(O[C@H](c4ccc(C(F)(F)F)cc4)N=C3C[C@H](c3ccc(OC)cc3)[C@H]1C)N(Cc1ccncc1)C2=O. The van der Waals surface area contributed by atoms with Crippen molar-refractivity contribution in [2.75, 3.05) is 7.11 Å². The van der Waals surface area contributed by atoms with Gasteiger partial charge in [-0.25, -0.2) is 0 Å². The second kappa shape index (κ2) is 10.4. The van der Waals surface area contributed by atoms with Crippen LogP contribution < -0.4 is 4.74 Å². The Hall–Kier alpha value is -3.98. The molecule has 5 atom stereocenters. The van der Waals surface area contributed by atoms with E-state index in [2.05, 4.69) is 18.5 Å². The minimum absolute atomic E-state index is 0.0364. The lowest BCUT2D eigenvalue weighted by molar-refractivity contribution is -0.153. The zero-order valence-electron chi connectivity index (χ0n) is 23.5. The van der Waals surface area contributed by atoms with Gasteiger partial charge < -0.3 is 14.4 Å². The van der Waals surface area contributed by atoms with Crippen molar-refractivity contribution < 1.29 is 27.4 Å². The van der Waals surface area contributed by atoms with Crippen LogP contribution in [0.2, 0.25) is 0 Å². The van der Waals surface area contributed by atoms with Gasteiger partial charge in [0.05, 0.1) is 23.8 Å². The highest BCUT2D eigenvalue weighted by Crippen LogP contribution is 2.61. The molecule has 3 aliphatic rings. The van der Waals surface area contributed by atoms with Gasteiger partial charge in [-0.2, -0.15) is 13.2 Å². The number of pyridine rings is 1. The van der Waals surface area contributed by atoms with Crippen molar-refractivity contribution in [3.05, 3.63) is 108 Å². The summed E-state index contributed by atoms with van der Waals surface area (Å²) in [6.07, 6.45) is 1.23. The van der Waals surface area contributed by atoms with E-state index in [1.54, 1.807) is 30.5 Å². The average molecular weight is 576 g/mol. The van der Waals surface area contributed by atoms with Gasteiger partial charge in [0.2, 0.25) is 5.91 Å². The van der Waals surface area contributed by atoms with Crippen LogP contribution in [0.15, 0.2) is 90.7 Å². The molecule has 3 aromatic rings. The number of alkyl halides is 3. The molecule has 6 rings (SSSR count). The summed E-state index contributed by atoms with van der Waals surface area (Å²) in [5.74, 6) is 0.559. The molecule has 0 N–H and O–H groups in total. The average Bonchev–Trinajstić information content (AvgIpc) is 3.43. The number of rotatable bonds is 7. The number of ether oxygens (including phenoxy) is 2. The van der Waals surface area contributed by atoms with Crippen LogP contribution in [0.1, 0.15) is 60.6 Å². The summed E-state index contributed by atoms with van der Waals surface area (Å²) in [6, 6.07) is 16.5. The first kappa shape index (κ1) is 28.2. The van der Waals surface area contributed by atoms with Crippen LogP contribution in [0, 0.1) is 11.3 Å². The number of methoxy groups -OCH3 is 1. The molecule has 218 valence electrons. The molecule has 1 spiro atoms. The monoisotopic (exact) mass is 575 g/mol. The van der Waals surface area contributed by atoms with E-state index >= 15 is 0 Å². The Kier molecular flexibility index (Phi) is 6.96. The van der Waals surface area contributed by atoms with Gasteiger partial charge >= 0.3 is 6.18 Å². The third-order valence-electron chi connectivity index (χ3n) is 9.25. The normalized spacial score (nSPS) is 28.7. The predicted molar refractivity (Wildman–Crippen MR) is 152 cm³/mol. The molecule has 2 fully saturated rings. The van der Waals surface area contributed by atoms with Gasteiger partial charge in [-0.05, 0) is 72.2 Å². The topological polar surface area (TPSA) is 64.0 Å². The largest absolute Gasteiger partial charge is 0.497 e. The summed E-state index contributed by atoms with van der Waals surface area (Å²) in [6.45, 7) is 6.42. The van der Waals surface area contributed by atoms with E-state index in [0.29, 0.717) is 31.4 Å². The van der Waals surface area contributed by atoms with E-state index < -0.39 is 29.1 Å². The number of hydrogen-bond acceptors (Lipinski definition) is 5. The fourth-order valence-electron chi connectivity index (χ4n) is 6.96. The van der Waals surface area contributed by atoms with E-state index in [1.807, 2.05) is 36.4 Å². The fraction of sp³-hybridized carbons (Fsp3) is 0.364. The van der Waals surface area contributed by atoms with E-state index in [-0.39, 0.29) is 17.7 Å². The first-order chi connectivity index (χ1) is 20.1. The molecule has 1 amide bonds. The quantitative estimate of drug-likeness (QED) is 0.282. The Balaban J connectivity index is 1.47. The van der Waals surface area contributed by atoms with Crippen molar-refractivity contribution in [2.24, 2.45) is 16.3 Å². The van der Waals surface area contributed by atoms with Crippen LogP contribution in [0.3, 0.4) is 0 Å². The van der Waals surface area contributed by atoms with E-state index in [0.717, 1.165) is 34.7 Å². The number of aromatic nitrogens is 1. The lowest BCUT2D eigenvalue weighted by Crippen LogP contribution is -2.52. The van der Waals surface area contributed by atoms with Gasteiger partial charge in [-0.3, -0.25) is 14.8 Å². The summed E-state index contributed by atoms with van der Waals surface area (Å²) in [4.78, 5) is 25.6. The van der Waals surface area contributed by atoms with Crippen LogP contribution in [-0.4, -0.2) is 34.3 Å². The zero-order chi connectivity index (χ0) is 29.7. The Morgan fingerprint density at radius 3 is 2.36 bits per heavy atom. The first-order valence-electron chi connectivity index (χ1n) is 14.0. The van der Waals surface area contributed by atoms with Gasteiger partial charge in [0.1, 0.15) is 5.75 Å². The Morgan fingerprint density at radius 1 is 1.07 bits per heavy atom. The smallest absolute Gasteiger partial charge is 0.416 e. The van der Waals surface area contributed by atoms with E-state index in [4.69, 9.17) is 14.5 Å². The molecule has 2 aliphatic heterocycles. The number of carbonyl (C=O) groups excluding carboxylic acids is 1. The summed E-state index contributed by atoms with van der Waals surface area (Å²) in [7, 11) is 1.62. The number of carbonyl (C=O) groups is 1. The molecule has 1 saturated carbocycles. The van der Waals surface area contributed by atoms with Gasteiger partial charge in [-0.15, -0.1) is 6.58 Å². The molecule has 6 nitrogen and oxygen atoms in total. The van der Waals surface area contributed by atoms with Gasteiger partial charge in [0.25, 0.3) is 0 Å². The van der Waals surface area contributed by atoms with Gasteiger partial charge in [0.15, 0.2) is 12.0 Å². The van der Waals surface area contributed by atoms with Crippen molar-refractivity contribution in [3.8, 4) is 5.75 Å². The van der Waals surface area contributed by atoms with Crippen LogP contribution in [0.5, 0.6) is 5.75 Å². The maximum absolute atomic E-state index is 14.7. The maximum Gasteiger partial charge on any atom is 0.416 e. The number of hydrogen-bond donors (Lipinski definition) is 0. The van der Waals surface area contributed by atoms with Crippen molar-refractivity contribution in [3.63, 3.8) is 0 Å². The highest BCUT2D eigenvalue weighted by atomic mass is 19.4. The zero-order valence-corrected chi connectivity index (χ0v) is 23.5. The highest BCUT2D eigenvalue weighted by molar-refractivity contribution is 6.03. The predicted octanol–water partition coefficient (Wildman–Crippen LogP) is 7.09. The lowest BCUT2D eigenvalue weighted by atomic mass is 9.66. The van der Waals surface area contributed by atoms with Crippen LogP contribution in [0.4, 0.5) is 13.2 Å². The molecule has 9 heteroatoms. The fourth-order valence-corrected chi connectivity index (χ4v) is 6.96. The number of nitrogens with zero attached hydrogens (tertiary/aromatic N) is 3. The summed E-state index contributed by atoms with van der Waals surface area (Å²) in [5.41, 5.74) is 0.489. The molecular formula is C33H32F3N3O3. The number of amides is 1. The van der Waals surface area contributed by atoms with Gasteiger partial charge in [0, 0.05) is 30.9 Å². The molecule has 1 aromatic heterocycles. The van der Waals surface area contributed by atoms with Crippen LogP contribution >= 0.6 is 0 Å². The molecule has 1 saturated heterocycles. The number of likely N-dealkylation sites (tertiary alicyclic amines) is 1. The first-order valence-corrected chi connectivity index (χ1v) is 14.0. The summed E-state index contributed by atoms with van der Waals surface area (Å²) in [5, 5.41) is 0. The minimum Gasteiger partial charge on any atom is -0.497 e. The van der Waals surface area contributed by atoms with E-state index in [9.17, 15) is 18.0 Å². The third-order valence-corrected chi connectivity index (χ3v) is 9.25. The molecule has 0 unspecified atom stereocenters.